The van der Waals surface area contributed by atoms with Gasteiger partial charge in [-0.2, -0.15) is 0 Å². The summed E-state index contributed by atoms with van der Waals surface area (Å²) in [7, 11) is 0. The fourth-order valence-electron chi connectivity index (χ4n) is 2.44. The zero-order valence-corrected chi connectivity index (χ0v) is 14.0. The molecule has 0 radical (unpaired) electrons. The van der Waals surface area contributed by atoms with E-state index in [-0.39, 0.29) is 18.2 Å². The highest BCUT2D eigenvalue weighted by Crippen LogP contribution is 2.23. The maximum atomic E-state index is 12.2. The van der Waals surface area contributed by atoms with Crippen molar-refractivity contribution in [2.75, 3.05) is 0 Å². The Labute approximate surface area is 153 Å². The van der Waals surface area contributed by atoms with Gasteiger partial charge in [-0.05, 0) is 47.0 Å². The van der Waals surface area contributed by atoms with Crippen molar-refractivity contribution in [1.29, 1.82) is 0 Å². The lowest BCUT2D eigenvalue weighted by Gasteiger charge is -2.10. The molecule has 0 fully saturated rings. The summed E-state index contributed by atoms with van der Waals surface area (Å²) in [6, 6.07) is 16.2. The van der Waals surface area contributed by atoms with Gasteiger partial charge in [0.1, 0.15) is 5.75 Å². The summed E-state index contributed by atoms with van der Waals surface area (Å²) in [5, 5.41) is 2.73. The Bertz CT molecular complexity index is 893. The number of nitrogens with zero attached hydrogens (tertiary/aromatic N) is 1. The van der Waals surface area contributed by atoms with Crippen LogP contribution in [-0.4, -0.2) is 17.3 Å². The van der Waals surface area contributed by atoms with Gasteiger partial charge in [-0.25, -0.2) is 0 Å². The number of hydrogen-bond acceptors (Lipinski definition) is 3. The van der Waals surface area contributed by atoms with E-state index in [4.69, 9.17) is 0 Å². The van der Waals surface area contributed by atoms with E-state index < -0.39 is 6.36 Å². The fourth-order valence-corrected chi connectivity index (χ4v) is 2.44. The molecule has 4 nitrogen and oxygen atoms in total. The van der Waals surface area contributed by atoms with Crippen LogP contribution in [0.1, 0.15) is 15.9 Å². The molecule has 3 rings (SSSR count). The molecule has 0 aliphatic carbocycles. The number of ether oxygens (including phenoxy) is 1. The molecule has 0 atom stereocenters. The molecule has 1 N–H and O–H groups in total. The summed E-state index contributed by atoms with van der Waals surface area (Å²) in [4.78, 5) is 16.3. The van der Waals surface area contributed by atoms with Crippen molar-refractivity contribution in [3.63, 3.8) is 0 Å². The molecule has 0 bridgehead atoms. The summed E-state index contributed by atoms with van der Waals surface area (Å²) < 4.78 is 40.2. The number of hydrogen-bond donors (Lipinski definition) is 1. The molecule has 138 valence electrons. The maximum Gasteiger partial charge on any atom is 0.573 e. The van der Waals surface area contributed by atoms with Crippen molar-refractivity contribution in [2.24, 2.45) is 0 Å². The van der Waals surface area contributed by atoms with E-state index in [1.165, 1.54) is 24.3 Å². The van der Waals surface area contributed by atoms with Gasteiger partial charge in [-0.3, -0.25) is 9.78 Å². The third-order valence-corrected chi connectivity index (χ3v) is 3.75. The molecule has 2 aromatic carbocycles. The van der Waals surface area contributed by atoms with Crippen LogP contribution in [0.3, 0.4) is 0 Å². The first-order chi connectivity index (χ1) is 12.9. The van der Waals surface area contributed by atoms with E-state index in [0.717, 1.165) is 11.1 Å². The molecule has 1 heterocycles. The predicted octanol–water partition coefficient (Wildman–Crippen LogP) is 4.58. The molecule has 0 unspecified atom stereocenters. The van der Waals surface area contributed by atoms with E-state index in [1.54, 1.807) is 24.5 Å². The van der Waals surface area contributed by atoms with Crippen LogP contribution in [0, 0.1) is 0 Å². The van der Waals surface area contributed by atoms with Gasteiger partial charge in [0, 0.05) is 24.5 Å². The molecule has 27 heavy (non-hydrogen) atoms. The molecular weight excluding hydrogens is 357 g/mol. The number of carbonyl (C=O) groups is 1. The standard InChI is InChI=1S/C20H15F3N2O2/c21-20(22,23)27-18-9-3-14(4-10-18)12-25-19(26)16-7-5-15(6-8-16)17-2-1-11-24-13-17/h1-11,13H,12H2,(H,25,26). The highest BCUT2D eigenvalue weighted by atomic mass is 19.4. The number of halogens is 3. The van der Waals surface area contributed by atoms with Crippen LogP contribution in [0.4, 0.5) is 13.2 Å². The topological polar surface area (TPSA) is 51.2 Å². The van der Waals surface area contributed by atoms with Gasteiger partial charge in [0.15, 0.2) is 0 Å². The third kappa shape index (κ3) is 5.31. The lowest BCUT2D eigenvalue weighted by molar-refractivity contribution is -0.274. The first-order valence-corrected chi connectivity index (χ1v) is 8.04. The second kappa shape index (κ2) is 7.90. The Kier molecular flexibility index (Phi) is 5.40. The zero-order valence-electron chi connectivity index (χ0n) is 14.0. The Morgan fingerprint density at radius 3 is 2.26 bits per heavy atom. The Balaban J connectivity index is 1.58. The van der Waals surface area contributed by atoms with Crippen molar-refractivity contribution in [1.82, 2.24) is 10.3 Å². The van der Waals surface area contributed by atoms with Crippen LogP contribution < -0.4 is 10.1 Å². The van der Waals surface area contributed by atoms with E-state index in [1.807, 2.05) is 24.3 Å². The number of benzene rings is 2. The van der Waals surface area contributed by atoms with Crippen molar-refractivity contribution < 1.29 is 22.7 Å². The monoisotopic (exact) mass is 372 g/mol. The quantitative estimate of drug-likeness (QED) is 0.713. The molecule has 0 spiro atoms. The van der Waals surface area contributed by atoms with Gasteiger partial charge in [-0.1, -0.05) is 30.3 Å². The second-order valence-corrected chi connectivity index (χ2v) is 5.69. The van der Waals surface area contributed by atoms with Crippen LogP contribution in [0.15, 0.2) is 73.1 Å². The van der Waals surface area contributed by atoms with Crippen molar-refractivity contribution in [3.8, 4) is 16.9 Å². The molecular formula is C20H15F3N2O2. The Hall–Kier alpha value is -3.35. The molecule has 0 saturated heterocycles. The first kappa shape index (κ1) is 18.4. The second-order valence-electron chi connectivity index (χ2n) is 5.69. The summed E-state index contributed by atoms with van der Waals surface area (Å²) >= 11 is 0. The maximum absolute atomic E-state index is 12.2. The minimum atomic E-state index is -4.72. The van der Waals surface area contributed by atoms with Crippen molar-refractivity contribution >= 4 is 5.91 Å². The minimum absolute atomic E-state index is 0.190. The van der Waals surface area contributed by atoms with Gasteiger partial charge < -0.3 is 10.1 Å². The van der Waals surface area contributed by atoms with Crippen LogP contribution in [0.5, 0.6) is 5.75 Å². The molecule has 3 aromatic rings. The van der Waals surface area contributed by atoms with E-state index >= 15 is 0 Å². The average molecular weight is 372 g/mol. The normalized spacial score (nSPS) is 11.1. The number of alkyl halides is 3. The van der Waals surface area contributed by atoms with E-state index in [9.17, 15) is 18.0 Å². The van der Waals surface area contributed by atoms with Gasteiger partial charge in [0.25, 0.3) is 5.91 Å². The fraction of sp³-hybridized carbons (Fsp3) is 0.100. The van der Waals surface area contributed by atoms with E-state index in [0.29, 0.717) is 11.1 Å². The Morgan fingerprint density at radius 1 is 0.963 bits per heavy atom. The van der Waals surface area contributed by atoms with Gasteiger partial charge in [-0.15, -0.1) is 13.2 Å². The molecule has 0 aliphatic rings. The molecule has 1 aromatic heterocycles. The smallest absolute Gasteiger partial charge is 0.406 e. The molecule has 0 aliphatic heterocycles. The van der Waals surface area contributed by atoms with Gasteiger partial charge in [0.2, 0.25) is 0 Å². The van der Waals surface area contributed by atoms with Gasteiger partial charge in [0.05, 0.1) is 0 Å². The minimum Gasteiger partial charge on any atom is -0.406 e. The summed E-state index contributed by atoms with van der Waals surface area (Å²) in [5.74, 6) is -0.577. The lowest BCUT2D eigenvalue weighted by atomic mass is 10.1. The van der Waals surface area contributed by atoms with Crippen LogP contribution in [0.25, 0.3) is 11.1 Å². The lowest BCUT2D eigenvalue weighted by Crippen LogP contribution is -2.22. The average Bonchev–Trinajstić information content (AvgIpc) is 2.67. The summed E-state index contributed by atoms with van der Waals surface area (Å²) in [6.07, 6.45) is -1.30. The van der Waals surface area contributed by atoms with Crippen molar-refractivity contribution in [3.05, 3.63) is 84.2 Å². The first-order valence-electron chi connectivity index (χ1n) is 8.04. The number of rotatable bonds is 5. The number of nitrogens with one attached hydrogen (secondary N) is 1. The van der Waals surface area contributed by atoms with Crippen LogP contribution in [-0.2, 0) is 6.54 Å². The number of amides is 1. The van der Waals surface area contributed by atoms with Crippen LogP contribution in [0.2, 0.25) is 0 Å². The number of pyridine rings is 1. The SMILES string of the molecule is O=C(NCc1ccc(OC(F)(F)F)cc1)c1ccc(-c2cccnc2)cc1. The molecule has 7 heteroatoms. The largest absolute Gasteiger partial charge is 0.573 e. The summed E-state index contributed by atoms with van der Waals surface area (Å²) in [5.41, 5.74) is 3.04. The number of carbonyl (C=O) groups excluding carboxylic acids is 1. The van der Waals surface area contributed by atoms with Crippen LogP contribution >= 0.6 is 0 Å². The predicted molar refractivity (Wildman–Crippen MR) is 94.0 cm³/mol. The van der Waals surface area contributed by atoms with Crippen molar-refractivity contribution in [2.45, 2.75) is 12.9 Å². The third-order valence-electron chi connectivity index (χ3n) is 3.75. The van der Waals surface area contributed by atoms with E-state index in [2.05, 4.69) is 15.0 Å². The Morgan fingerprint density at radius 2 is 1.67 bits per heavy atom. The highest BCUT2D eigenvalue weighted by molar-refractivity contribution is 5.94. The molecule has 0 saturated carbocycles. The van der Waals surface area contributed by atoms with Gasteiger partial charge >= 0.3 is 6.36 Å². The summed E-state index contributed by atoms with van der Waals surface area (Å²) in [6.45, 7) is 0.190. The highest BCUT2D eigenvalue weighted by Gasteiger charge is 2.30. The zero-order chi connectivity index (χ0) is 19.3. The molecule has 1 amide bonds. The number of aromatic nitrogens is 1.